The molecule has 0 spiro atoms. The van der Waals surface area contributed by atoms with Gasteiger partial charge in [0.15, 0.2) is 5.78 Å². The van der Waals surface area contributed by atoms with E-state index in [0.717, 1.165) is 12.1 Å². The lowest BCUT2D eigenvalue weighted by atomic mass is 10.0. The van der Waals surface area contributed by atoms with Crippen LogP contribution in [-0.2, 0) is 0 Å². The standard InChI is InChI=1S/C14H21NO/c1-5-15(4)10-14(16)13-8-6-12(7-9-13)11(2)3/h6-9,11H,5,10H2,1-4H3. The molecule has 0 radical (unpaired) electrons. The molecule has 88 valence electrons. The van der Waals surface area contributed by atoms with Gasteiger partial charge in [-0.15, -0.1) is 0 Å². The molecule has 0 aromatic heterocycles. The van der Waals surface area contributed by atoms with Crippen LogP contribution in [0.5, 0.6) is 0 Å². The molecular weight excluding hydrogens is 198 g/mol. The quantitative estimate of drug-likeness (QED) is 0.710. The highest BCUT2D eigenvalue weighted by molar-refractivity contribution is 5.97. The van der Waals surface area contributed by atoms with Crippen molar-refractivity contribution in [2.45, 2.75) is 26.7 Å². The zero-order valence-corrected chi connectivity index (χ0v) is 10.7. The van der Waals surface area contributed by atoms with Gasteiger partial charge in [0.1, 0.15) is 0 Å². The molecular formula is C14H21NO. The predicted molar refractivity (Wildman–Crippen MR) is 68.0 cm³/mol. The Bertz CT molecular complexity index is 340. The van der Waals surface area contributed by atoms with Gasteiger partial charge >= 0.3 is 0 Å². The number of hydrogen-bond donors (Lipinski definition) is 0. The third-order valence-electron chi connectivity index (χ3n) is 2.85. The minimum absolute atomic E-state index is 0.194. The van der Waals surface area contributed by atoms with Crippen molar-refractivity contribution in [1.29, 1.82) is 0 Å². The second kappa shape index (κ2) is 5.80. The normalized spacial score (nSPS) is 11.1. The number of likely N-dealkylation sites (N-methyl/N-ethyl adjacent to an activating group) is 1. The fourth-order valence-corrected chi connectivity index (χ4v) is 1.50. The molecule has 0 amide bonds. The average Bonchev–Trinajstić information content (AvgIpc) is 2.28. The van der Waals surface area contributed by atoms with Crippen molar-refractivity contribution in [3.05, 3.63) is 35.4 Å². The molecule has 0 N–H and O–H groups in total. The van der Waals surface area contributed by atoms with Gasteiger partial charge in [-0.2, -0.15) is 0 Å². The molecule has 0 heterocycles. The van der Waals surface area contributed by atoms with Crippen molar-refractivity contribution in [2.24, 2.45) is 0 Å². The zero-order valence-electron chi connectivity index (χ0n) is 10.7. The van der Waals surface area contributed by atoms with E-state index in [4.69, 9.17) is 0 Å². The molecule has 2 nitrogen and oxygen atoms in total. The summed E-state index contributed by atoms with van der Waals surface area (Å²) in [6.45, 7) is 7.76. The van der Waals surface area contributed by atoms with E-state index in [-0.39, 0.29) is 5.78 Å². The van der Waals surface area contributed by atoms with E-state index in [1.807, 2.05) is 36.2 Å². The third-order valence-corrected chi connectivity index (χ3v) is 2.85. The Morgan fingerprint density at radius 3 is 2.25 bits per heavy atom. The fraction of sp³-hybridized carbons (Fsp3) is 0.500. The molecule has 1 rings (SSSR count). The molecule has 0 atom stereocenters. The summed E-state index contributed by atoms with van der Waals surface area (Å²) in [5.74, 6) is 0.710. The maximum absolute atomic E-state index is 11.9. The van der Waals surface area contributed by atoms with Crippen LogP contribution in [0.15, 0.2) is 24.3 Å². The highest BCUT2D eigenvalue weighted by Gasteiger charge is 2.08. The Hall–Kier alpha value is -1.15. The second-order valence-electron chi connectivity index (χ2n) is 4.53. The summed E-state index contributed by atoms with van der Waals surface area (Å²) in [6.07, 6.45) is 0. The second-order valence-corrected chi connectivity index (χ2v) is 4.53. The molecule has 1 aromatic rings. The monoisotopic (exact) mass is 219 g/mol. The Labute approximate surface area is 98.3 Å². The smallest absolute Gasteiger partial charge is 0.176 e. The molecule has 2 heteroatoms. The van der Waals surface area contributed by atoms with E-state index in [1.54, 1.807) is 0 Å². The Morgan fingerprint density at radius 1 is 1.25 bits per heavy atom. The van der Waals surface area contributed by atoms with Crippen molar-refractivity contribution >= 4 is 5.78 Å². The molecule has 0 unspecified atom stereocenters. The van der Waals surface area contributed by atoms with Gasteiger partial charge in [-0.3, -0.25) is 9.69 Å². The maximum atomic E-state index is 11.9. The van der Waals surface area contributed by atoms with E-state index in [0.29, 0.717) is 12.5 Å². The summed E-state index contributed by atoms with van der Waals surface area (Å²) in [5.41, 5.74) is 2.09. The molecule has 0 aliphatic rings. The van der Waals surface area contributed by atoms with Gasteiger partial charge in [0.25, 0.3) is 0 Å². The number of ketones is 1. The van der Waals surface area contributed by atoms with Crippen LogP contribution in [0.4, 0.5) is 0 Å². The third kappa shape index (κ3) is 3.46. The van der Waals surface area contributed by atoms with Crippen molar-refractivity contribution in [3.63, 3.8) is 0 Å². The summed E-state index contributed by atoms with van der Waals surface area (Å²) >= 11 is 0. The lowest BCUT2D eigenvalue weighted by molar-refractivity contribution is 0.0949. The first-order valence-corrected chi connectivity index (χ1v) is 5.86. The molecule has 0 fully saturated rings. The van der Waals surface area contributed by atoms with Crippen molar-refractivity contribution in [2.75, 3.05) is 20.1 Å². The number of carbonyl (C=O) groups is 1. The van der Waals surface area contributed by atoms with Gasteiger partial charge in [-0.05, 0) is 25.1 Å². The first-order valence-electron chi connectivity index (χ1n) is 5.86. The van der Waals surface area contributed by atoms with Gasteiger partial charge in [0.05, 0.1) is 6.54 Å². The first-order chi connectivity index (χ1) is 7.54. The van der Waals surface area contributed by atoms with Crippen LogP contribution in [-0.4, -0.2) is 30.8 Å². The van der Waals surface area contributed by atoms with Gasteiger partial charge < -0.3 is 0 Å². The van der Waals surface area contributed by atoms with Crippen LogP contribution in [0, 0.1) is 0 Å². The summed E-state index contributed by atoms with van der Waals surface area (Å²) in [6, 6.07) is 7.95. The van der Waals surface area contributed by atoms with Crippen LogP contribution in [0.1, 0.15) is 42.6 Å². The van der Waals surface area contributed by atoms with Gasteiger partial charge in [-0.25, -0.2) is 0 Å². The van der Waals surface area contributed by atoms with Gasteiger partial charge in [0, 0.05) is 5.56 Å². The van der Waals surface area contributed by atoms with Crippen molar-refractivity contribution < 1.29 is 4.79 Å². The molecule has 0 saturated heterocycles. The molecule has 0 aliphatic carbocycles. The number of benzene rings is 1. The van der Waals surface area contributed by atoms with Gasteiger partial charge in [0.2, 0.25) is 0 Å². The number of rotatable bonds is 5. The molecule has 1 aromatic carbocycles. The van der Waals surface area contributed by atoms with E-state index < -0.39 is 0 Å². The predicted octanol–water partition coefficient (Wildman–Crippen LogP) is 2.94. The minimum atomic E-state index is 0.194. The van der Waals surface area contributed by atoms with Crippen LogP contribution in [0.2, 0.25) is 0 Å². The number of carbonyl (C=O) groups excluding carboxylic acids is 1. The topological polar surface area (TPSA) is 20.3 Å². The number of nitrogens with zero attached hydrogens (tertiary/aromatic N) is 1. The molecule has 0 bridgehead atoms. The zero-order chi connectivity index (χ0) is 12.1. The van der Waals surface area contributed by atoms with E-state index >= 15 is 0 Å². The van der Waals surface area contributed by atoms with E-state index in [1.165, 1.54) is 5.56 Å². The van der Waals surface area contributed by atoms with Crippen LogP contribution in [0.3, 0.4) is 0 Å². The summed E-state index contributed by atoms with van der Waals surface area (Å²) in [7, 11) is 1.96. The first kappa shape index (κ1) is 12.9. The fourth-order valence-electron chi connectivity index (χ4n) is 1.50. The highest BCUT2D eigenvalue weighted by Crippen LogP contribution is 2.15. The van der Waals surface area contributed by atoms with Crippen LogP contribution < -0.4 is 0 Å². The minimum Gasteiger partial charge on any atom is -0.299 e. The lowest BCUT2D eigenvalue weighted by Gasteiger charge is -2.13. The lowest BCUT2D eigenvalue weighted by Crippen LogP contribution is -2.25. The SMILES string of the molecule is CCN(C)CC(=O)c1ccc(C(C)C)cc1. The maximum Gasteiger partial charge on any atom is 0.176 e. The average molecular weight is 219 g/mol. The Morgan fingerprint density at radius 2 is 1.81 bits per heavy atom. The van der Waals surface area contributed by atoms with Gasteiger partial charge in [-0.1, -0.05) is 45.0 Å². The Kier molecular flexibility index (Phi) is 4.69. The molecule has 16 heavy (non-hydrogen) atoms. The van der Waals surface area contributed by atoms with Crippen LogP contribution in [0.25, 0.3) is 0 Å². The Balaban J connectivity index is 2.70. The van der Waals surface area contributed by atoms with Crippen LogP contribution >= 0.6 is 0 Å². The summed E-state index contributed by atoms with van der Waals surface area (Å²) in [5, 5.41) is 0. The number of Topliss-reactive ketones (excluding diaryl/α,β-unsaturated/α-hetero) is 1. The number of hydrogen-bond acceptors (Lipinski definition) is 2. The van der Waals surface area contributed by atoms with E-state index in [9.17, 15) is 4.79 Å². The molecule has 0 saturated carbocycles. The molecule has 0 aliphatic heterocycles. The largest absolute Gasteiger partial charge is 0.299 e. The van der Waals surface area contributed by atoms with E-state index in [2.05, 4.69) is 20.8 Å². The summed E-state index contributed by atoms with van der Waals surface area (Å²) < 4.78 is 0. The highest BCUT2D eigenvalue weighted by atomic mass is 16.1. The summed E-state index contributed by atoms with van der Waals surface area (Å²) in [4.78, 5) is 13.9. The van der Waals surface area contributed by atoms with Crippen molar-refractivity contribution in [3.8, 4) is 0 Å². The van der Waals surface area contributed by atoms with Crippen molar-refractivity contribution in [1.82, 2.24) is 4.90 Å².